The molecule has 2 rings (SSSR count). The molecule has 0 radical (unpaired) electrons. The highest BCUT2D eigenvalue weighted by Gasteiger charge is 2.19. The Morgan fingerprint density at radius 2 is 1.92 bits per heavy atom. The van der Waals surface area contributed by atoms with Crippen LogP contribution in [0.5, 0.6) is 0 Å². The van der Waals surface area contributed by atoms with Crippen LogP contribution < -0.4 is 5.32 Å². The Morgan fingerprint density at radius 3 is 2.56 bits per heavy atom. The molecule has 0 aliphatic heterocycles. The number of benzene rings is 1. The van der Waals surface area contributed by atoms with Crippen molar-refractivity contribution in [3.05, 3.63) is 59.5 Å². The molecule has 0 fully saturated rings. The molecule has 0 spiro atoms. The van der Waals surface area contributed by atoms with Crippen molar-refractivity contribution in [1.82, 2.24) is 5.32 Å². The molecule has 1 unspecified atom stereocenters. The molecule has 1 amide bonds. The molecule has 1 atom stereocenters. The average Bonchev–Trinajstić information content (AvgIpc) is 3.08. The Bertz CT molecular complexity index is 694. The van der Waals surface area contributed by atoms with Crippen LogP contribution >= 0.6 is 0 Å². The number of amides is 1. The minimum Gasteiger partial charge on any atom is -0.478 e. The van der Waals surface area contributed by atoms with Crippen molar-refractivity contribution in [2.75, 3.05) is 13.2 Å². The summed E-state index contributed by atoms with van der Waals surface area (Å²) >= 11 is 0. The maximum Gasteiger partial charge on any atom is 0.335 e. The lowest BCUT2D eigenvalue weighted by molar-refractivity contribution is -0.121. The van der Waals surface area contributed by atoms with Gasteiger partial charge in [0.15, 0.2) is 0 Å². The lowest BCUT2D eigenvalue weighted by Gasteiger charge is -2.18. The van der Waals surface area contributed by atoms with Gasteiger partial charge in [0.2, 0.25) is 5.91 Å². The second-order valence-corrected chi connectivity index (χ2v) is 6.21. The summed E-state index contributed by atoms with van der Waals surface area (Å²) in [6, 6.07) is 9.58. The number of rotatable bonds is 9. The number of carbonyl (C=O) groups excluding carboxylic acids is 1. The van der Waals surface area contributed by atoms with Crippen molar-refractivity contribution >= 4 is 11.9 Å². The fraction of sp³-hybridized carbons (Fsp3) is 0.368. The Kier molecular flexibility index (Phi) is 6.77. The molecule has 1 aromatic heterocycles. The molecule has 0 saturated heterocycles. The van der Waals surface area contributed by atoms with E-state index in [2.05, 4.69) is 5.32 Å². The summed E-state index contributed by atoms with van der Waals surface area (Å²) in [5.41, 5.74) is 0.594. The molecule has 25 heavy (non-hydrogen) atoms. The second kappa shape index (κ2) is 9.03. The van der Waals surface area contributed by atoms with Crippen LogP contribution in [-0.4, -0.2) is 30.2 Å². The van der Waals surface area contributed by atoms with Crippen LogP contribution in [0.3, 0.4) is 0 Å². The second-order valence-electron chi connectivity index (χ2n) is 6.21. The third-order valence-corrected chi connectivity index (χ3v) is 3.56. The van der Waals surface area contributed by atoms with E-state index in [0.717, 1.165) is 0 Å². The van der Waals surface area contributed by atoms with E-state index < -0.39 is 12.0 Å². The molecule has 0 aliphatic rings. The van der Waals surface area contributed by atoms with Crippen LogP contribution in [0, 0.1) is 5.92 Å². The molecule has 1 aromatic carbocycles. The highest BCUT2D eigenvalue weighted by Crippen LogP contribution is 2.16. The Morgan fingerprint density at radius 1 is 1.16 bits per heavy atom. The van der Waals surface area contributed by atoms with E-state index in [-0.39, 0.29) is 24.5 Å². The number of nitrogens with one attached hydrogen (secondary N) is 1. The molecule has 6 nitrogen and oxygen atoms in total. The molecule has 0 bridgehead atoms. The monoisotopic (exact) mass is 345 g/mol. The number of furan rings is 1. The standard InChI is InChI=1S/C19H23NO5/c1-13(2)11-24-12-16(17-8-5-9-25-17)20-18(21)10-14-6-3-4-7-15(14)19(22)23/h3-9,13,16H,10-12H2,1-2H3,(H,20,21)(H,22,23). The Hall–Kier alpha value is -2.60. The van der Waals surface area contributed by atoms with E-state index in [0.29, 0.717) is 23.8 Å². The fourth-order valence-electron chi connectivity index (χ4n) is 2.41. The number of hydrogen-bond acceptors (Lipinski definition) is 4. The minimum absolute atomic E-state index is 0.0239. The highest BCUT2D eigenvalue weighted by atomic mass is 16.5. The first-order chi connectivity index (χ1) is 12.0. The number of carbonyl (C=O) groups is 2. The summed E-state index contributed by atoms with van der Waals surface area (Å²) in [5.74, 6) is -0.353. The van der Waals surface area contributed by atoms with Gasteiger partial charge in [-0.05, 0) is 29.7 Å². The van der Waals surface area contributed by atoms with E-state index in [9.17, 15) is 14.7 Å². The van der Waals surface area contributed by atoms with Gasteiger partial charge >= 0.3 is 5.97 Å². The van der Waals surface area contributed by atoms with Crippen molar-refractivity contribution in [2.24, 2.45) is 5.92 Å². The van der Waals surface area contributed by atoms with Gasteiger partial charge in [-0.2, -0.15) is 0 Å². The molecule has 0 aliphatic carbocycles. The minimum atomic E-state index is -1.05. The summed E-state index contributed by atoms with van der Waals surface area (Å²) in [6.45, 7) is 4.96. The first kappa shape index (κ1) is 18.7. The van der Waals surface area contributed by atoms with E-state index >= 15 is 0 Å². The molecule has 6 heteroatoms. The van der Waals surface area contributed by atoms with Crippen LogP contribution in [0.15, 0.2) is 47.1 Å². The van der Waals surface area contributed by atoms with Gasteiger partial charge in [-0.3, -0.25) is 4.79 Å². The summed E-state index contributed by atoms with van der Waals surface area (Å²) in [4.78, 5) is 23.6. The van der Waals surface area contributed by atoms with Gasteiger partial charge in [-0.1, -0.05) is 32.0 Å². The molecule has 0 saturated carbocycles. The molecule has 2 N–H and O–H groups in total. The van der Waals surface area contributed by atoms with Gasteiger partial charge in [-0.25, -0.2) is 4.79 Å². The smallest absolute Gasteiger partial charge is 0.335 e. The van der Waals surface area contributed by atoms with E-state index in [4.69, 9.17) is 9.15 Å². The lowest BCUT2D eigenvalue weighted by atomic mass is 10.0. The first-order valence-electron chi connectivity index (χ1n) is 8.19. The number of ether oxygens (including phenoxy) is 1. The molecular weight excluding hydrogens is 322 g/mol. The maximum absolute atomic E-state index is 12.4. The zero-order valence-electron chi connectivity index (χ0n) is 14.4. The third kappa shape index (κ3) is 5.76. The van der Waals surface area contributed by atoms with Gasteiger partial charge in [0.25, 0.3) is 0 Å². The third-order valence-electron chi connectivity index (χ3n) is 3.56. The van der Waals surface area contributed by atoms with Crippen molar-refractivity contribution in [1.29, 1.82) is 0 Å². The zero-order valence-corrected chi connectivity index (χ0v) is 14.4. The first-order valence-corrected chi connectivity index (χ1v) is 8.19. The predicted octanol–water partition coefficient (Wildman–Crippen LogP) is 3.05. The Balaban J connectivity index is 2.03. The predicted molar refractivity (Wildman–Crippen MR) is 92.4 cm³/mol. The van der Waals surface area contributed by atoms with Gasteiger partial charge in [-0.15, -0.1) is 0 Å². The van der Waals surface area contributed by atoms with Gasteiger partial charge in [0.1, 0.15) is 11.8 Å². The number of aromatic carboxylic acids is 1. The topological polar surface area (TPSA) is 88.8 Å². The quantitative estimate of drug-likeness (QED) is 0.729. The normalized spacial score (nSPS) is 12.1. The van der Waals surface area contributed by atoms with Crippen LogP contribution in [0.25, 0.3) is 0 Å². The van der Waals surface area contributed by atoms with Gasteiger partial charge < -0.3 is 19.6 Å². The summed E-state index contributed by atoms with van der Waals surface area (Å²) in [7, 11) is 0. The molecular formula is C19H23NO5. The maximum atomic E-state index is 12.4. The molecule has 1 heterocycles. The van der Waals surface area contributed by atoms with Gasteiger partial charge in [0.05, 0.1) is 24.9 Å². The van der Waals surface area contributed by atoms with E-state index in [1.807, 2.05) is 13.8 Å². The summed E-state index contributed by atoms with van der Waals surface area (Å²) in [5, 5.41) is 12.1. The molecule has 134 valence electrons. The van der Waals surface area contributed by atoms with Crippen molar-refractivity contribution in [3.8, 4) is 0 Å². The average molecular weight is 345 g/mol. The van der Waals surface area contributed by atoms with Crippen LogP contribution in [0.4, 0.5) is 0 Å². The van der Waals surface area contributed by atoms with Crippen LogP contribution in [0.2, 0.25) is 0 Å². The van der Waals surface area contributed by atoms with Crippen molar-refractivity contribution in [3.63, 3.8) is 0 Å². The summed E-state index contributed by atoms with van der Waals surface area (Å²) < 4.78 is 11.0. The van der Waals surface area contributed by atoms with E-state index in [1.165, 1.54) is 12.3 Å². The van der Waals surface area contributed by atoms with Crippen molar-refractivity contribution in [2.45, 2.75) is 26.3 Å². The fourth-order valence-corrected chi connectivity index (χ4v) is 2.41. The molecule has 2 aromatic rings. The number of hydrogen-bond donors (Lipinski definition) is 2. The largest absolute Gasteiger partial charge is 0.478 e. The number of carboxylic acid groups (broad SMARTS) is 1. The van der Waals surface area contributed by atoms with Crippen LogP contribution in [0.1, 0.15) is 41.6 Å². The van der Waals surface area contributed by atoms with Crippen molar-refractivity contribution < 1.29 is 23.8 Å². The zero-order chi connectivity index (χ0) is 18.2. The highest BCUT2D eigenvalue weighted by molar-refractivity contribution is 5.91. The summed E-state index contributed by atoms with van der Waals surface area (Å²) in [6.07, 6.45) is 1.51. The lowest BCUT2D eigenvalue weighted by Crippen LogP contribution is -2.33. The SMILES string of the molecule is CC(C)COCC(NC(=O)Cc1ccccc1C(=O)O)c1ccco1. The van der Waals surface area contributed by atoms with E-state index in [1.54, 1.807) is 30.3 Å². The van der Waals surface area contributed by atoms with Crippen LogP contribution in [-0.2, 0) is 16.0 Å². The Labute approximate surface area is 146 Å². The number of carboxylic acids is 1. The van der Waals surface area contributed by atoms with Gasteiger partial charge in [0, 0.05) is 6.61 Å².